The van der Waals surface area contributed by atoms with Gasteiger partial charge in [-0.05, 0) is 51.2 Å². The van der Waals surface area contributed by atoms with Crippen molar-refractivity contribution >= 4 is 5.97 Å². The Bertz CT molecular complexity index is 303. The molecule has 0 aromatic rings. The number of β-amino-alcohol motifs (C(OH)–C–C–N with tert-alkyl or cyclic N) is 1. The fourth-order valence-corrected chi connectivity index (χ4v) is 3.20. The van der Waals surface area contributed by atoms with Crippen LogP contribution in [0.3, 0.4) is 0 Å². The molecule has 2 fully saturated rings. The topological polar surface area (TPSA) is 64.0 Å². The Morgan fingerprint density at radius 1 is 1.21 bits per heavy atom. The standard InChI is InChI=1S/C14H26N2O3/c1-11-4-7-15(8-5-11)9-12(17)10-16-6-2-3-13(16)14(18)19/h11-13,17H,2-10H2,1H3,(H,18,19). The number of carboxylic acid groups (broad SMARTS) is 1. The first-order chi connectivity index (χ1) is 9.06. The highest BCUT2D eigenvalue weighted by Crippen LogP contribution is 2.19. The van der Waals surface area contributed by atoms with Crippen LogP contribution < -0.4 is 0 Å². The summed E-state index contributed by atoms with van der Waals surface area (Å²) in [5.41, 5.74) is 0. The minimum atomic E-state index is -0.753. The number of hydrogen-bond donors (Lipinski definition) is 2. The van der Waals surface area contributed by atoms with E-state index in [-0.39, 0.29) is 0 Å². The quantitative estimate of drug-likeness (QED) is 0.767. The predicted molar refractivity (Wildman–Crippen MR) is 73.1 cm³/mol. The van der Waals surface area contributed by atoms with Crippen LogP contribution in [-0.4, -0.2) is 70.9 Å². The van der Waals surface area contributed by atoms with Crippen molar-refractivity contribution in [2.75, 3.05) is 32.7 Å². The molecule has 2 atom stereocenters. The lowest BCUT2D eigenvalue weighted by atomic mass is 9.99. The van der Waals surface area contributed by atoms with Gasteiger partial charge < -0.3 is 15.1 Å². The molecule has 0 bridgehead atoms. The van der Waals surface area contributed by atoms with E-state index in [0.717, 1.165) is 32.0 Å². The number of rotatable bonds is 5. The van der Waals surface area contributed by atoms with Gasteiger partial charge in [0, 0.05) is 13.1 Å². The lowest BCUT2D eigenvalue weighted by Crippen LogP contribution is -2.45. The first-order valence-corrected chi connectivity index (χ1v) is 7.43. The zero-order valence-corrected chi connectivity index (χ0v) is 11.8. The van der Waals surface area contributed by atoms with Crippen molar-refractivity contribution in [2.45, 2.75) is 44.8 Å². The molecule has 2 aliphatic heterocycles. The van der Waals surface area contributed by atoms with Crippen molar-refractivity contribution in [3.05, 3.63) is 0 Å². The molecule has 0 aliphatic carbocycles. The molecule has 2 heterocycles. The Hall–Kier alpha value is -0.650. The smallest absolute Gasteiger partial charge is 0.320 e. The van der Waals surface area contributed by atoms with E-state index in [4.69, 9.17) is 5.11 Å². The third-order valence-electron chi connectivity index (χ3n) is 4.44. The molecule has 0 aromatic heterocycles. The third-order valence-corrected chi connectivity index (χ3v) is 4.44. The summed E-state index contributed by atoms with van der Waals surface area (Å²) in [5, 5.41) is 19.3. The number of aliphatic hydroxyl groups excluding tert-OH is 1. The van der Waals surface area contributed by atoms with E-state index in [2.05, 4.69) is 11.8 Å². The van der Waals surface area contributed by atoms with Gasteiger partial charge in [-0.25, -0.2) is 0 Å². The van der Waals surface area contributed by atoms with Crippen molar-refractivity contribution in [1.29, 1.82) is 0 Å². The fourth-order valence-electron chi connectivity index (χ4n) is 3.20. The van der Waals surface area contributed by atoms with E-state index in [1.54, 1.807) is 0 Å². The lowest BCUT2D eigenvalue weighted by molar-refractivity contribution is -0.142. The van der Waals surface area contributed by atoms with Crippen LogP contribution in [0.1, 0.15) is 32.6 Å². The van der Waals surface area contributed by atoms with Gasteiger partial charge in [0.05, 0.1) is 6.10 Å². The highest BCUT2D eigenvalue weighted by atomic mass is 16.4. The Morgan fingerprint density at radius 2 is 1.89 bits per heavy atom. The van der Waals surface area contributed by atoms with Crippen LogP contribution in [0.15, 0.2) is 0 Å². The first kappa shape index (κ1) is 14.8. The third kappa shape index (κ3) is 4.16. The lowest BCUT2D eigenvalue weighted by Gasteiger charge is -2.33. The normalized spacial score (nSPS) is 28.6. The molecular formula is C14H26N2O3. The summed E-state index contributed by atoms with van der Waals surface area (Å²) in [6, 6.07) is -0.393. The Kier molecular flexibility index (Phi) is 5.19. The Morgan fingerprint density at radius 3 is 2.53 bits per heavy atom. The van der Waals surface area contributed by atoms with Crippen LogP contribution in [0.5, 0.6) is 0 Å². The molecule has 5 nitrogen and oxygen atoms in total. The number of hydrogen-bond acceptors (Lipinski definition) is 4. The van der Waals surface area contributed by atoms with Crippen molar-refractivity contribution in [3.8, 4) is 0 Å². The molecule has 2 N–H and O–H groups in total. The van der Waals surface area contributed by atoms with Crippen LogP contribution in [0, 0.1) is 5.92 Å². The number of nitrogens with zero attached hydrogens (tertiary/aromatic N) is 2. The number of aliphatic hydroxyl groups is 1. The summed E-state index contributed by atoms with van der Waals surface area (Å²) in [6.07, 6.45) is 3.60. The SMILES string of the molecule is CC1CCN(CC(O)CN2CCCC2C(=O)O)CC1. The van der Waals surface area contributed by atoms with Crippen LogP contribution in [0.2, 0.25) is 0 Å². The second-order valence-corrected chi connectivity index (χ2v) is 6.13. The molecule has 0 aromatic carbocycles. The monoisotopic (exact) mass is 270 g/mol. The summed E-state index contributed by atoms with van der Waals surface area (Å²) in [4.78, 5) is 15.3. The van der Waals surface area contributed by atoms with Crippen molar-refractivity contribution in [1.82, 2.24) is 9.80 Å². The summed E-state index contributed by atoms with van der Waals surface area (Å²) >= 11 is 0. The average Bonchev–Trinajstić information content (AvgIpc) is 2.80. The maximum Gasteiger partial charge on any atom is 0.320 e. The van der Waals surface area contributed by atoms with Gasteiger partial charge >= 0.3 is 5.97 Å². The molecule has 0 spiro atoms. The van der Waals surface area contributed by atoms with Gasteiger partial charge in [0.15, 0.2) is 0 Å². The van der Waals surface area contributed by atoms with Crippen LogP contribution >= 0.6 is 0 Å². The number of piperidine rings is 1. The molecular weight excluding hydrogens is 244 g/mol. The number of carboxylic acids is 1. The van der Waals surface area contributed by atoms with Crippen LogP contribution in [-0.2, 0) is 4.79 Å². The minimum Gasteiger partial charge on any atom is -0.480 e. The molecule has 5 heteroatoms. The van der Waals surface area contributed by atoms with E-state index >= 15 is 0 Å². The first-order valence-electron chi connectivity index (χ1n) is 7.43. The zero-order valence-electron chi connectivity index (χ0n) is 11.8. The molecule has 110 valence electrons. The fraction of sp³-hybridized carbons (Fsp3) is 0.929. The minimum absolute atomic E-state index is 0.393. The van der Waals surface area contributed by atoms with E-state index in [9.17, 15) is 9.90 Å². The van der Waals surface area contributed by atoms with Crippen LogP contribution in [0.25, 0.3) is 0 Å². The molecule has 0 amide bonds. The predicted octanol–water partition coefficient (Wildman–Crippen LogP) is 0.628. The summed E-state index contributed by atoms with van der Waals surface area (Å²) in [6.45, 7) is 6.35. The Balaban J connectivity index is 1.74. The van der Waals surface area contributed by atoms with E-state index in [0.29, 0.717) is 19.5 Å². The number of carbonyl (C=O) groups is 1. The van der Waals surface area contributed by atoms with Gasteiger partial charge in [0.25, 0.3) is 0 Å². The largest absolute Gasteiger partial charge is 0.480 e. The molecule has 0 saturated carbocycles. The summed E-state index contributed by atoms with van der Waals surface area (Å²) in [7, 11) is 0. The van der Waals surface area contributed by atoms with Gasteiger partial charge in [0.1, 0.15) is 6.04 Å². The average molecular weight is 270 g/mol. The summed E-state index contributed by atoms with van der Waals surface area (Å²) < 4.78 is 0. The molecule has 2 aliphatic rings. The molecule has 2 unspecified atom stereocenters. The Labute approximate surface area is 115 Å². The van der Waals surface area contributed by atoms with Gasteiger partial charge in [-0.3, -0.25) is 9.69 Å². The highest BCUT2D eigenvalue weighted by Gasteiger charge is 2.32. The second-order valence-electron chi connectivity index (χ2n) is 6.13. The van der Waals surface area contributed by atoms with Gasteiger partial charge in [-0.2, -0.15) is 0 Å². The van der Waals surface area contributed by atoms with Crippen molar-refractivity contribution in [3.63, 3.8) is 0 Å². The van der Waals surface area contributed by atoms with Crippen molar-refractivity contribution < 1.29 is 15.0 Å². The van der Waals surface area contributed by atoms with Gasteiger partial charge in [-0.15, -0.1) is 0 Å². The second kappa shape index (κ2) is 6.68. The molecule has 2 rings (SSSR count). The molecule has 2 saturated heterocycles. The van der Waals surface area contributed by atoms with E-state index in [1.165, 1.54) is 12.8 Å². The number of aliphatic carboxylic acids is 1. The van der Waals surface area contributed by atoms with Gasteiger partial charge in [0.2, 0.25) is 0 Å². The van der Waals surface area contributed by atoms with Crippen LogP contribution in [0.4, 0.5) is 0 Å². The highest BCUT2D eigenvalue weighted by molar-refractivity contribution is 5.73. The number of likely N-dealkylation sites (tertiary alicyclic amines) is 2. The van der Waals surface area contributed by atoms with Gasteiger partial charge in [-0.1, -0.05) is 6.92 Å². The summed E-state index contributed by atoms with van der Waals surface area (Å²) in [5.74, 6) is 0.0415. The van der Waals surface area contributed by atoms with Crippen molar-refractivity contribution in [2.24, 2.45) is 5.92 Å². The van der Waals surface area contributed by atoms with E-state index in [1.807, 2.05) is 4.90 Å². The maximum absolute atomic E-state index is 11.1. The molecule has 19 heavy (non-hydrogen) atoms. The zero-order chi connectivity index (χ0) is 13.8. The van der Waals surface area contributed by atoms with E-state index < -0.39 is 18.1 Å². The maximum atomic E-state index is 11.1. The molecule has 0 radical (unpaired) electrons.